The number of rotatable bonds is 5. The number of allylic oxidation sites excluding steroid dienone is 5. The Bertz CT molecular complexity index is 1010. The molecule has 35 heavy (non-hydrogen) atoms. The fraction of sp³-hybridized carbons (Fsp3) is 0.414. The van der Waals surface area contributed by atoms with Crippen LogP contribution in [0.5, 0.6) is 0 Å². The molecule has 0 aromatic heterocycles. The SMILES string of the molecule is C=CCO[PH](=O)C1=C2C=CC(=[N+](C)C)C=C2C(C)(C)c2cc(N(C)C)ccc21.[CH2-]CC.[CH2-]CC.[Ni+2]. The first-order chi connectivity index (χ1) is 16.0. The normalized spacial score (nSPS) is 15.6. The third-order valence-electron chi connectivity index (χ3n) is 5.46. The first kappa shape index (κ1) is 33.3. The molecule has 2 aliphatic carbocycles. The Morgan fingerprint density at radius 2 is 1.71 bits per heavy atom. The Hall–Kier alpha value is -1.67. The fourth-order valence-electron chi connectivity index (χ4n) is 3.81. The van der Waals surface area contributed by atoms with Crippen LogP contribution in [0.2, 0.25) is 0 Å². The fourth-order valence-corrected chi connectivity index (χ4v) is 5.10. The maximum atomic E-state index is 13.2. The van der Waals surface area contributed by atoms with E-state index in [9.17, 15) is 4.57 Å². The zero-order chi connectivity index (χ0) is 26.1. The second-order valence-corrected chi connectivity index (χ2v) is 10.5. The van der Waals surface area contributed by atoms with Gasteiger partial charge in [0.2, 0.25) is 8.03 Å². The smallest absolute Gasteiger partial charge is 0.378 e. The number of anilines is 1. The molecule has 0 N–H and O–H groups in total. The van der Waals surface area contributed by atoms with Crippen LogP contribution in [0.3, 0.4) is 0 Å². The maximum Gasteiger partial charge on any atom is 2.00 e. The van der Waals surface area contributed by atoms with E-state index >= 15 is 0 Å². The van der Waals surface area contributed by atoms with Gasteiger partial charge >= 0.3 is 16.5 Å². The summed E-state index contributed by atoms with van der Waals surface area (Å²) in [6.45, 7) is 19.4. The van der Waals surface area contributed by atoms with Gasteiger partial charge in [-0.1, -0.05) is 39.8 Å². The van der Waals surface area contributed by atoms with Crippen LogP contribution in [-0.2, 0) is 31.0 Å². The van der Waals surface area contributed by atoms with E-state index in [1.165, 1.54) is 11.1 Å². The Labute approximate surface area is 225 Å². The molecular formula is C29H44N2NiO2P+. The average molecular weight is 542 g/mol. The number of hydrogen-bond donors (Lipinski definition) is 0. The summed E-state index contributed by atoms with van der Waals surface area (Å²) in [6, 6.07) is 6.38. The molecule has 0 fully saturated rings. The number of fused-ring (bicyclic) bond motifs is 2. The van der Waals surface area contributed by atoms with E-state index in [0.29, 0.717) is 0 Å². The minimum absolute atomic E-state index is 0. The molecule has 0 bridgehead atoms. The van der Waals surface area contributed by atoms with Crippen molar-refractivity contribution in [3.05, 3.63) is 85.2 Å². The van der Waals surface area contributed by atoms with Crippen molar-refractivity contribution in [2.24, 2.45) is 0 Å². The van der Waals surface area contributed by atoms with Crippen molar-refractivity contribution < 1.29 is 30.2 Å². The summed E-state index contributed by atoms with van der Waals surface area (Å²) in [5.74, 6) is 0. The average Bonchev–Trinajstić information content (AvgIpc) is 2.78. The van der Waals surface area contributed by atoms with Gasteiger partial charge in [0.05, 0.1) is 6.61 Å². The van der Waals surface area contributed by atoms with Gasteiger partial charge < -0.3 is 23.3 Å². The van der Waals surface area contributed by atoms with Crippen molar-refractivity contribution in [2.75, 3.05) is 39.7 Å². The Morgan fingerprint density at radius 3 is 2.20 bits per heavy atom. The third kappa shape index (κ3) is 8.17. The van der Waals surface area contributed by atoms with E-state index in [-0.39, 0.29) is 28.5 Å². The molecule has 3 rings (SSSR count). The van der Waals surface area contributed by atoms with Crippen LogP contribution in [-0.4, -0.2) is 45.1 Å². The minimum atomic E-state index is -2.42. The molecule has 1 aromatic carbocycles. The summed E-state index contributed by atoms with van der Waals surface area (Å²) in [7, 11) is 5.73. The second-order valence-electron chi connectivity index (χ2n) is 9.14. The molecule has 1 unspecified atom stereocenters. The van der Waals surface area contributed by atoms with Crippen molar-refractivity contribution in [3.63, 3.8) is 0 Å². The van der Waals surface area contributed by atoms with Crippen LogP contribution >= 0.6 is 8.03 Å². The number of nitrogens with zero attached hydrogens (tertiary/aromatic N) is 2. The molecule has 1 atom stereocenters. The van der Waals surface area contributed by atoms with Crippen molar-refractivity contribution in [2.45, 2.75) is 46.0 Å². The van der Waals surface area contributed by atoms with Gasteiger partial charge in [-0.05, 0) is 40.5 Å². The Kier molecular flexibility index (Phi) is 14.7. The van der Waals surface area contributed by atoms with E-state index in [1.54, 1.807) is 6.08 Å². The molecule has 2 aliphatic rings. The molecule has 4 nitrogen and oxygen atoms in total. The van der Waals surface area contributed by atoms with Gasteiger partial charge in [-0.15, -0.1) is 6.58 Å². The van der Waals surface area contributed by atoms with Gasteiger partial charge in [-0.2, -0.15) is 12.8 Å². The molecule has 0 aliphatic heterocycles. The molecule has 6 heteroatoms. The molecule has 0 amide bonds. The molecule has 196 valence electrons. The van der Waals surface area contributed by atoms with Crippen molar-refractivity contribution in [1.29, 1.82) is 0 Å². The molecule has 0 radical (unpaired) electrons. The summed E-state index contributed by atoms with van der Waals surface area (Å²) in [5, 5.41) is 0.812. The molecule has 0 heterocycles. The predicted octanol–water partition coefficient (Wildman–Crippen LogP) is 7.10. The molecule has 0 spiro atoms. The quantitative estimate of drug-likeness (QED) is 0.131. The molecular weight excluding hydrogens is 498 g/mol. The summed E-state index contributed by atoms with van der Waals surface area (Å²) in [6.07, 6.45) is 10.0. The van der Waals surface area contributed by atoms with Gasteiger partial charge in [0, 0.05) is 42.7 Å². The van der Waals surface area contributed by atoms with Crippen LogP contribution in [0.25, 0.3) is 5.31 Å². The summed E-state index contributed by atoms with van der Waals surface area (Å²) in [4.78, 5) is 2.10. The van der Waals surface area contributed by atoms with Crippen molar-refractivity contribution in [1.82, 2.24) is 0 Å². The molecule has 1 aromatic rings. The van der Waals surface area contributed by atoms with Crippen LogP contribution in [0.1, 0.15) is 51.7 Å². The van der Waals surface area contributed by atoms with E-state index < -0.39 is 8.03 Å². The number of hydrogen-bond acceptors (Lipinski definition) is 3. The van der Waals surface area contributed by atoms with Gasteiger partial charge in [0.1, 0.15) is 14.1 Å². The maximum absolute atomic E-state index is 13.2. The monoisotopic (exact) mass is 541 g/mol. The zero-order valence-electron chi connectivity index (χ0n) is 22.8. The van der Waals surface area contributed by atoms with Crippen LogP contribution in [0, 0.1) is 13.8 Å². The van der Waals surface area contributed by atoms with Crippen LogP contribution in [0.4, 0.5) is 5.69 Å². The van der Waals surface area contributed by atoms with Gasteiger partial charge in [0.15, 0.2) is 5.71 Å². The van der Waals surface area contributed by atoms with Crippen molar-refractivity contribution >= 4 is 24.7 Å². The topological polar surface area (TPSA) is 32.6 Å². The Morgan fingerprint density at radius 1 is 1.14 bits per heavy atom. The van der Waals surface area contributed by atoms with E-state index in [0.717, 1.165) is 40.7 Å². The Balaban J connectivity index is 0.00000150. The molecule has 0 saturated heterocycles. The van der Waals surface area contributed by atoms with Gasteiger partial charge in [-0.25, -0.2) is 4.58 Å². The first-order valence-electron chi connectivity index (χ1n) is 11.9. The largest absolute Gasteiger partial charge is 2.00 e. The summed E-state index contributed by atoms with van der Waals surface area (Å²) in [5.41, 5.74) is 6.44. The van der Waals surface area contributed by atoms with E-state index in [1.807, 2.05) is 42.0 Å². The predicted molar refractivity (Wildman–Crippen MR) is 151 cm³/mol. The van der Waals surface area contributed by atoms with E-state index in [4.69, 9.17) is 4.52 Å². The standard InChI is InChI=1S/C23H30N2O2P.2C3H7.Ni/c1-8-13-27-28(26)22-18-11-9-16(24(4)5)14-20(18)23(2,3)21-15-17(25(6)7)10-12-19(21)22;2*1-3-2;/h8-12,14-15,28H,1,13H2,2-7H3;2*1,3H2,2H3;/q+1;2*-1;+2. The summed E-state index contributed by atoms with van der Waals surface area (Å²) < 4.78 is 20.9. The minimum Gasteiger partial charge on any atom is -0.378 e. The number of benzene rings is 1. The second kappa shape index (κ2) is 15.4. The summed E-state index contributed by atoms with van der Waals surface area (Å²) >= 11 is 0. The zero-order valence-corrected chi connectivity index (χ0v) is 24.8. The third-order valence-corrected chi connectivity index (χ3v) is 6.84. The molecule has 0 saturated carbocycles. The van der Waals surface area contributed by atoms with Crippen LogP contribution < -0.4 is 4.90 Å². The van der Waals surface area contributed by atoms with Gasteiger partial charge in [0.25, 0.3) is 0 Å². The van der Waals surface area contributed by atoms with Gasteiger partial charge in [-0.3, -0.25) is 4.57 Å². The first-order valence-corrected chi connectivity index (χ1v) is 13.2. The van der Waals surface area contributed by atoms with E-state index in [2.05, 4.69) is 80.2 Å². The van der Waals surface area contributed by atoms with Crippen LogP contribution in [0.15, 0.2) is 60.2 Å². The van der Waals surface area contributed by atoms with Crippen molar-refractivity contribution in [3.8, 4) is 0 Å².